The van der Waals surface area contributed by atoms with E-state index in [0.717, 1.165) is 27.8 Å². The number of anilines is 1. The van der Waals surface area contributed by atoms with Crippen LogP contribution in [0.2, 0.25) is 0 Å². The molecule has 1 fully saturated rings. The lowest BCUT2D eigenvalue weighted by Gasteiger charge is -2.14. The molecule has 1 N–H and O–H groups in total. The second-order valence-corrected chi connectivity index (χ2v) is 8.77. The van der Waals surface area contributed by atoms with Crippen LogP contribution < -0.4 is 10.4 Å². The van der Waals surface area contributed by atoms with Crippen LogP contribution in [0, 0.1) is 13.8 Å². The van der Waals surface area contributed by atoms with Crippen LogP contribution in [-0.2, 0) is 9.59 Å². The quantitative estimate of drug-likeness (QED) is 0.550. The van der Waals surface area contributed by atoms with E-state index in [0.29, 0.717) is 17.1 Å². The minimum atomic E-state index is -1.30. The summed E-state index contributed by atoms with van der Waals surface area (Å²) in [5, 5.41) is 13.4. The number of nitrogens with zero attached hydrogens (tertiary/aromatic N) is 2. The number of aromatic nitrogens is 1. The van der Waals surface area contributed by atoms with Gasteiger partial charge in [-0.05, 0) is 73.1 Å². The summed E-state index contributed by atoms with van der Waals surface area (Å²) in [4.78, 5) is 50.1. The second-order valence-electron chi connectivity index (χ2n) is 7.78. The number of carboxylic acids is 1. The number of amides is 3. The molecule has 0 unspecified atom stereocenters. The molecule has 3 amide bonds. The van der Waals surface area contributed by atoms with Crippen LogP contribution in [0.5, 0.6) is 0 Å². The number of hydrogen-bond acceptors (Lipinski definition) is 6. The van der Waals surface area contributed by atoms with Gasteiger partial charge in [-0.25, -0.2) is 0 Å². The van der Waals surface area contributed by atoms with Crippen LogP contribution in [0.15, 0.2) is 65.7 Å². The lowest BCUT2D eigenvalue weighted by Crippen LogP contribution is -2.36. The lowest BCUT2D eigenvalue weighted by molar-refractivity contribution is -0.255. The van der Waals surface area contributed by atoms with Gasteiger partial charge in [0.25, 0.3) is 11.1 Å². The molecule has 0 bridgehead atoms. The highest BCUT2D eigenvalue weighted by Gasteiger charge is 2.36. The summed E-state index contributed by atoms with van der Waals surface area (Å²) in [6.45, 7) is 3.41. The number of benzene rings is 2. The molecule has 172 valence electrons. The van der Waals surface area contributed by atoms with Crippen molar-refractivity contribution in [3.63, 3.8) is 0 Å². The monoisotopic (exact) mass is 474 g/mol. The number of aryl methyl sites for hydroxylation is 2. The first kappa shape index (κ1) is 23.1. The molecule has 2 aromatic carbocycles. The Morgan fingerprint density at radius 2 is 1.85 bits per heavy atom. The summed E-state index contributed by atoms with van der Waals surface area (Å²) in [5.41, 5.74) is 3.71. The Bertz CT molecular complexity index is 1360. The summed E-state index contributed by atoms with van der Waals surface area (Å²) in [6, 6.07) is 15.2. The zero-order valence-electron chi connectivity index (χ0n) is 18.4. The number of carbonyl (C=O) groups is 4. The average Bonchev–Trinajstić information content (AvgIpc) is 3.36. The molecular weight excluding hydrogens is 454 g/mol. The molecule has 0 radical (unpaired) electrons. The zero-order chi connectivity index (χ0) is 24.4. The number of nitrogens with one attached hydrogen (secondary N) is 1. The molecule has 0 spiro atoms. The first-order valence-electron chi connectivity index (χ1n) is 10.3. The molecule has 9 heteroatoms. The summed E-state index contributed by atoms with van der Waals surface area (Å²) >= 11 is 0.746. The molecule has 8 nitrogen and oxygen atoms in total. The smallest absolute Gasteiger partial charge is 0.294 e. The van der Waals surface area contributed by atoms with E-state index in [-0.39, 0.29) is 10.5 Å². The van der Waals surface area contributed by atoms with Gasteiger partial charge in [-0.3, -0.25) is 19.3 Å². The minimum Gasteiger partial charge on any atom is -0.545 e. The second kappa shape index (κ2) is 9.40. The zero-order valence-corrected chi connectivity index (χ0v) is 19.2. The fraction of sp³-hybridized carbons (Fsp3) is 0.120. The van der Waals surface area contributed by atoms with Gasteiger partial charge in [-0.2, -0.15) is 0 Å². The van der Waals surface area contributed by atoms with Crippen molar-refractivity contribution in [2.45, 2.75) is 13.8 Å². The van der Waals surface area contributed by atoms with Gasteiger partial charge in [0.05, 0.1) is 10.9 Å². The molecule has 0 aliphatic carbocycles. The van der Waals surface area contributed by atoms with Crippen molar-refractivity contribution in [1.29, 1.82) is 0 Å². The van der Waals surface area contributed by atoms with E-state index in [1.54, 1.807) is 47.2 Å². The number of carbonyl (C=O) groups excluding carboxylic acids is 4. The number of hydrogen-bond donors (Lipinski definition) is 1. The first-order chi connectivity index (χ1) is 16.2. The number of imide groups is 1. The van der Waals surface area contributed by atoms with Crippen LogP contribution in [-0.4, -0.2) is 39.0 Å². The molecule has 34 heavy (non-hydrogen) atoms. The van der Waals surface area contributed by atoms with E-state index >= 15 is 0 Å². The number of rotatable bonds is 6. The Kier molecular flexibility index (Phi) is 6.38. The largest absolute Gasteiger partial charge is 0.545 e. The van der Waals surface area contributed by atoms with E-state index < -0.39 is 29.6 Å². The van der Waals surface area contributed by atoms with Crippen molar-refractivity contribution in [2.75, 3.05) is 11.9 Å². The topological polar surface area (TPSA) is 112 Å². The Labute approximate surface area is 199 Å². The molecular formula is C25H20N3O5S-. The fourth-order valence-corrected chi connectivity index (χ4v) is 4.41. The van der Waals surface area contributed by atoms with E-state index in [9.17, 15) is 24.3 Å². The SMILES string of the molecule is Cc1ccc(NC(=O)CN2C(=O)S/C(=C\c3cccn3-c3cccc(C(=O)[O-])c3)C2=O)c(C)c1. The van der Waals surface area contributed by atoms with Crippen molar-refractivity contribution < 1.29 is 24.3 Å². The summed E-state index contributed by atoms with van der Waals surface area (Å²) in [7, 11) is 0. The molecule has 0 atom stereocenters. The summed E-state index contributed by atoms with van der Waals surface area (Å²) < 4.78 is 1.69. The highest BCUT2D eigenvalue weighted by Crippen LogP contribution is 2.32. The number of aromatic carboxylic acids is 1. The standard InChI is InChI=1S/C25H21N3O5S/c1-15-8-9-20(16(2)11-15)26-22(29)14-28-23(30)21(34-25(28)33)13-19-7-4-10-27(19)18-6-3-5-17(12-18)24(31)32/h3-13H,14H2,1-2H3,(H,26,29)(H,31,32)/p-1/b21-13-. The Morgan fingerprint density at radius 3 is 2.59 bits per heavy atom. The van der Waals surface area contributed by atoms with Gasteiger partial charge < -0.3 is 19.8 Å². The molecule has 1 aliphatic heterocycles. The molecule has 1 aliphatic rings. The predicted molar refractivity (Wildman–Crippen MR) is 127 cm³/mol. The van der Waals surface area contributed by atoms with Crippen molar-refractivity contribution in [2.24, 2.45) is 0 Å². The van der Waals surface area contributed by atoms with Crippen molar-refractivity contribution in [3.8, 4) is 5.69 Å². The molecule has 1 saturated heterocycles. The Balaban J connectivity index is 1.52. The van der Waals surface area contributed by atoms with Gasteiger partial charge in [0.15, 0.2) is 0 Å². The van der Waals surface area contributed by atoms with E-state index in [2.05, 4.69) is 5.32 Å². The molecule has 1 aromatic heterocycles. The molecule has 3 aromatic rings. The van der Waals surface area contributed by atoms with Gasteiger partial charge in [-0.1, -0.05) is 29.8 Å². The average molecular weight is 475 g/mol. The van der Waals surface area contributed by atoms with Gasteiger partial charge in [0, 0.05) is 23.3 Å². The van der Waals surface area contributed by atoms with Crippen LogP contribution in [0.25, 0.3) is 11.8 Å². The molecule has 2 heterocycles. The number of thioether (sulfide) groups is 1. The van der Waals surface area contributed by atoms with Crippen molar-refractivity contribution >= 4 is 46.5 Å². The normalized spacial score (nSPS) is 14.6. The van der Waals surface area contributed by atoms with Crippen LogP contribution in [0.3, 0.4) is 0 Å². The maximum absolute atomic E-state index is 12.9. The lowest BCUT2D eigenvalue weighted by atomic mass is 10.1. The maximum Gasteiger partial charge on any atom is 0.294 e. The van der Waals surface area contributed by atoms with Gasteiger partial charge in [0.2, 0.25) is 5.91 Å². The molecule has 4 rings (SSSR count). The third-order valence-corrected chi connectivity index (χ3v) is 6.16. The van der Waals surface area contributed by atoms with Crippen molar-refractivity contribution in [3.05, 3.63) is 88.1 Å². The third-order valence-electron chi connectivity index (χ3n) is 5.25. The first-order valence-corrected chi connectivity index (χ1v) is 11.2. The maximum atomic E-state index is 12.9. The Hall–Kier alpha value is -4.11. The fourth-order valence-electron chi connectivity index (χ4n) is 3.59. The van der Waals surface area contributed by atoms with Gasteiger partial charge >= 0.3 is 0 Å². The number of carboxylic acid groups (broad SMARTS) is 1. The van der Waals surface area contributed by atoms with Crippen molar-refractivity contribution in [1.82, 2.24) is 9.47 Å². The Morgan fingerprint density at radius 1 is 1.06 bits per heavy atom. The van der Waals surface area contributed by atoms with Gasteiger partial charge in [-0.15, -0.1) is 0 Å². The van der Waals surface area contributed by atoms with E-state index in [1.165, 1.54) is 12.1 Å². The van der Waals surface area contributed by atoms with Gasteiger partial charge in [0.1, 0.15) is 6.54 Å². The minimum absolute atomic E-state index is 0.0206. The predicted octanol–water partition coefficient (Wildman–Crippen LogP) is 3.13. The highest BCUT2D eigenvalue weighted by atomic mass is 32.2. The highest BCUT2D eigenvalue weighted by molar-refractivity contribution is 8.18. The molecule has 0 saturated carbocycles. The summed E-state index contributed by atoms with van der Waals surface area (Å²) in [6.07, 6.45) is 3.25. The van der Waals surface area contributed by atoms with E-state index in [1.807, 2.05) is 26.0 Å². The van der Waals surface area contributed by atoms with E-state index in [4.69, 9.17) is 0 Å². The van der Waals surface area contributed by atoms with Crippen LogP contribution in [0.4, 0.5) is 10.5 Å². The van der Waals surface area contributed by atoms with Crippen LogP contribution in [0.1, 0.15) is 27.2 Å². The third kappa shape index (κ3) is 4.79. The summed E-state index contributed by atoms with van der Waals surface area (Å²) in [5.74, 6) is -2.34. The van der Waals surface area contributed by atoms with Crippen LogP contribution >= 0.6 is 11.8 Å².